The number of para-hydroxylation sites is 2. The van der Waals surface area contributed by atoms with Gasteiger partial charge in [-0.3, -0.25) is 4.79 Å². The standard InChI is InChI=1S/C22H24N4O2/c1-3-26(18-10-5-4-6-11-18)22(27)19-15-25-21(16-24-19)23-14-13-17-9-7-8-12-20(17)28-2/h4-12,15-16H,3,13-14H2,1-2H3,(H,23,25). The molecule has 0 aliphatic rings. The van der Waals surface area contributed by atoms with Crippen LogP contribution in [0.4, 0.5) is 11.5 Å². The zero-order chi connectivity index (χ0) is 19.8. The lowest BCUT2D eigenvalue weighted by Crippen LogP contribution is -2.31. The van der Waals surface area contributed by atoms with E-state index in [1.807, 2.05) is 61.5 Å². The van der Waals surface area contributed by atoms with Gasteiger partial charge in [-0.15, -0.1) is 0 Å². The lowest BCUT2D eigenvalue weighted by atomic mass is 10.1. The van der Waals surface area contributed by atoms with Crippen molar-refractivity contribution in [2.24, 2.45) is 0 Å². The minimum Gasteiger partial charge on any atom is -0.496 e. The monoisotopic (exact) mass is 376 g/mol. The van der Waals surface area contributed by atoms with Crippen molar-refractivity contribution >= 4 is 17.4 Å². The van der Waals surface area contributed by atoms with Gasteiger partial charge in [0.15, 0.2) is 0 Å². The van der Waals surface area contributed by atoms with Crippen LogP contribution in [0.5, 0.6) is 5.75 Å². The molecule has 1 amide bonds. The molecule has 2 aromatic carbocycles. The third-order valence-electron chi connectivity index (χ3n) is 4.39. The van der Waals surface area contributed by atoms with Crippen molar-refractivity contribution in [2.75, 3.05) is 30.4 Å². The number of nitrogens with one attached hydrogen (secondary N) is 1. The van der Waals surface area contributed by atoms with Crippen LogP contribution in [0.15, 0.2) is 67.0 Å². The number of anilines is 2. The van der Waals surface area contributed by atoms with Gasteiger partial charge in [-0.05, 0) is 37.1 Å². The van der Waals surface area contributed by atoms with Crippen LogP contribution >= 0.6 is 0 Å². The molecule has 0 unspecified atom stereocenters. The van der Waals surface area contributed by atoms with Gasteiger partial charge in [-0.1, -0.05) is 36.4 Å². The van der Waals surface area contributed by atoms with Crippen LogP contribution in [0.25, 0.3) is 0 Å². The van der Waals surface area contributed by atoms with Crippen molar-refractivity contribution in [1.29, 1.82) is 0 Å². The van der Waals surface area contributed by atoms with Crippen molar-refractivity contribution in [3.8, 4) is 5.75 Å². The molecule has 6 nitrogen and oxygen atoms in total. The smallest absolute Gasteiger partial charge is 0.278 e. The Hall–Kier alpha value is -3.41. The second-order valence-electron chi connectivity index (χ2n) is 6.16. The van der Waals surface area contributed by atoms with E-state index in [1.54, 1.807) is 18.2 Å². The van der Waals surface area contributed by atoms with Crippen LogP contribution in [0.1, 0.15) is 23.0 Å². The summed E-state index contributed by atoms with van der Waals surface area (Å²) in [6.07, 6.45) is 3.90. The first kappa shape index (κ1) is 19.4. The van der Waals surface area contributed by atoms with E-state index >= 15 is 0 Å². The fourth-order valence-electron chi connectivity index (χ4n) is 2.95. The zero-order valence-corrected chi connectivity index (χ0v) is 16.1. The van der Waals surface area contributed by atoms with Gasteiger partial charge in [-0.25, -0.2) is 9.97 Å². The molecule has 1 N–H and O–H groups in total. The minimum absolute atomic E-state index is 0.165. The third kappa shape index (κ3) is 4.65. The molecule has 144 valence electrons. The van der Waals surface area contributed by atoms with E-state index in [1.165, 1.54) is 6.20 Å². The number of ether oxygens (including phenoxy) is 1. The molecule has 0 bridgehead atoms. The van der Waals surface area contributed by atoms with Crippen molar-refractivity contribution in [1.82, 2.24) is 9.97 Å². The highest BCUT2D eigenvalue weighted by Crippen LogP contribution is 2.18. The molecule has 0 saturated carbocycles. The van der Waals surface area contributed by atoms with Crippen molar-refractivity contribution in [3.05, 3.63) is 78.2 Å². The summed E-state index contributed by atoms with van der Waals surface area (Å²) in [5, 5.41) is 3.23. The van der Waals surface area contributed by atoms with E-state index in [0.717, 1.165) is 23.4 Å². The Kier molecular flexibility index (Phi) is 6.57. The van der Waals surface area contributed by atoms with Crippen LogP contribution in [-0.4, -0.2) is 36.1 Å². The Labute approximate surface area is 165 Å². The topological polar surface area (TPSA) is 67.4 Å². The number of hydrogen-bond acceptors (Lipinski definition) is 5. The first-order valence-corrected chi connectivity index (χ1v) is 9.27. The van der Waals surface area contributed by atoms with Gasteiger partial charge in [0.05, 0.1) is 19.5 Å². The van der Waals surface area contributed by atoms with Gasteiger partial charge < -0.3 is 15.0 Å². The summed E-state index contributed by atoms with van der Waals surface area (Å²) in [6, 6.07) is 17.5. The number of nitrogens with zero attached hydrogens (tertiary/aromatic N) is 3. The molecular weight excluding hydrogens is 352 g/mol. The Morgan fingerprint density at radius 1 is 1.04 bits per heavy atom. The van der Waals surface area contributed by atoms with Crippen LogP contribution < -0.4 is 15.0 Å². The zero-order valence-electron chi connectivity index (χ0n) is 16.1. The van der Waals surface area contributed by atoms with Crippen molar-refractivity contribution < 1.29 is 9.53 Å². The van der Waals surface area contributed by atoms with Crippen LogP contribution in [-0.2, 0) is 6.42 Å². The lowest BCUT2D eigenvalue weighted by Gasteiger charge is -2.20. The number of methoxy groups -OCH3 is 1. The molecule has 0 spiro atoms. The maximum atomic E-state index is 12.7. The predicted molar refractivity (Wildman–Crippen MR) is 111 cm³/mol. The SMILES string of the molecule is CCN(C(=O)c1cnc(NCCc2ccccc2OC)cn1)c1ccccc1. The van der Waals surface area contributed by atoms with E-state index in [-0.39, 0.29) is 5.91 Å². The molecule has 28 heavy (non-hydrogen) atoms. The average molecular weight is 376 g/mol. The normalized spacial score (nSPS) is 10.4. The highest BCUT2D eigenvalue weighted by molar-refractivity contribution is 6.04. The Balaban J connectivity index is 1.60. The molecule has 3 rings (SSSR count). The third-order valence-corrected chi connectivity index (χ3v) is 4.39. The Morgan fingerprint density at radius 3 is 2.46 bits per heavy atom. The average Bonchev–Trinajstić information content (AvgIpc) is 2.76. The van der Waals surface area contributed by atoms with Crippen LogP contribution in [0.2, 0.25) is 0 Å². The molecule has 1 aromatic heterocycles. The Bertz CT molecular complexity index is 898. The molecule has 0 aliphatic carbocycles. The number of carbonyl (C=O) groups excluding carboxylic acids is 1. The fraction of sp³-hybridized carbons (Fsp3) is 0.227. The number of aromatic nitrogens is 2. The quantitative estimate of drug-likeness (QED) is 0.648. The summed E-state index contributed by atoms with van der Waals surface area (Å²) in [6.45, 7) is 3.18. The fourth-order valence-corrected chi connectivity index (χ4v) is 2.95. The van der Waals surface area contributed by atoms with Crippen LogP contribution in [0, 0.1) is 0 Å². The number of rotatable bonds is 8. The van der Waals surface area contributed by atoms with E-state index in [2.05, 4.69) is 15.3 Å². The summed E-state index contributed by atoms with van der Waals surface area (Å²) in [4.78, 5) is 23.0. The maximum Gasteiger partial charge on any atom is 0.278 e. The van der Waals surface area contributed by atoms with Gasteiger partial charge in [0.1, 0.15) is 17.3 Å². The second-order valence-corrected chi connectivity index (χ2v) is 6.16. The molecule has 0 radical (unpaired) electrons. The van der Waals surface area contributed by atoms with Crippen molar-refractivity contribution in [3.63, 3.8) is 0 Å². The maximum absolute atomic E-state index is 12.7. The predicted octanol–water partition coefficient (Wildman–Crippen LogP) is 3.81. The summed E-state index contributed by atoms with van der Waals surface area (Å²) in [5.74, 6) is 1.34. The van der Waals surface area contributed by atoms with Gasteiger partial charge in [0.25, 0.3) is 5.91 Å². The van der Waals surface area contributed by atoms with E-state index in [4.69, 9.17) is 4.74 Å². The number of benzene rings is 2. The molecule has 0 saturated heterocycles. The van der Waals surface area contributed by atoms with E-state index in [9.17, 15) is 4.79 Å². The molecule has 3 aromatic rings. The van der Waals surface area contributed by atoms with E-state index < -0.39 is 0 Å². The largest absolute Gasteiger partial charge is 0.496 e. The van der Waals surface area contributed by atoms with Crippen molar-refractivity contribution in [2.45, 2.75) is 13.3 Å². The van der Waals surface area contributed by atoms with E-state index in [0.29, 0.717) is 24.6 Å². The first-order valence-electron chi connectivity index (χ1n) is 9.27. The van der Waals surface area contributed by atoms with Gasteiger partial charge in [0.2, 0.25) is 0 Å². The summed E-state index contributed by atoms with van der Waals surface area (Å²) >= 11 is 0. The Morgan fingerprint density at radius 2 is 1.79 bits per heavy atom. The molecule has 1 heterocycles. The van der Waals surface area contributed by atoms with Gasteiger partial charge >= 0.3 is 0 Å². The van der Waals surface area contributed by atoms with Gasteiger partial charge in [-0.2, -0.15) is 0 Å². The highest BCUT2D eigenvalue weighted by atomic mass is 16.5. The number of carbonyl (C=O) groups is 1. The first-order chi connectivity index (χ1) is 13.7. The molecule has 6 heteroatoms. The minimum atomic E-state index is -0.165. The molecule has 0 atom stereocenters. The molecular formula is C22H24N4O2. The van der Waals surface area contributed by atoms with Gasteiger partial charge in [0, 0.05) is 18.8 Å². The number of hydrogen-bond donors (Lipinski definition) is 1. The molecule has 0 fully saturated rings. The number of amides is 1. The summed E-state index contributed by atoms with van der Waals surface area (Å²) < 4.78 is 5.36. The second kappa shape index (κ2) is 9.50. The summed E-state index contributed by atoms with van der Waals surface area (Å²) in [7, 11) is 1.67. The summed E-state index contributed by atoms with van der Waals surface area (Å²) in [5.41, 5.74) is 2.29. The van der Waals surface area contributed by atoms with Crippen LogP contribution in [0.3, 0.4) is 0 Å². The highest BCUT2D eigenvalue weighted by Gasteiger charge is 2.17. The lowest BCUT2D eigenvalue weighted by molar-refractivity contribution is 0.0983. The molecule has 0 aliphatic heterocycles.